The third-order valence-corrected chi connectivity index (χ3v) is 4.22. The summed E-state index contributed by atoms with van der Waals surface area (Å²) >= 11 is 0. The molecule has 0 aliphatic carbocycles. The number of ether oxygens (including phenoxy) is 2. The average Bonchev–Trinajstić information content (AvgIpc) is 2.84. The highest BCUT2D eigenvalue weighted by Crippen LogP contribution is 2.32. The van der Waals surface area contributed by atoms with Crippen LogP contribution in [-0.2, 0) is 0 Å². The standard InChI is InChI=1S/C19H21F2NO3/c1-12(13-6-7-17-18(10-13)25-9-3-8-24-17)22-11-16(23)19-14(20)4-2-5-15(19)21/h2,4-7,10,12,16,22-23H,3,8-9,11H2,1H3. The minimum absolute atomic E-state index is 0.0213. The predicted molar refractivity (Wildman–Crippen MR) is 89.8 cm³/mol. The zero-order valence-electron chi connectivity index (χ0n) is 14.0. The SMILES string of the molecule is CC(NCC(O)c1c(F)cccc1F)c1ccc2c(c1)OCCCO2. The van der Waals surface area contributed by atoms with Gasteiger partial charge in [0.15, 0.2) is 11.5 Å². The molecule has 2 unspecified atom stereocenters. The summed E-state index contributed by atoms with van der Waals surface area (Å²) in [6, 6.07) is 9.04. The predicted octanol–water partition coefficient (Wildman–Crippen LogP) is 3.51. The lowest BCUT2D eigenvalue weighted by Gasteiger charge is -2.19. The van der Waals surface area contributed by atoms with Crippen molar-refractivity contribution < 1.29 is 23.4 Å². The summed E-state index contributed by atoms with van der Waals surface area (Å²) in [6.45, 7) is 3.15. The van der Waals surface area contributed by atoms with Crippen LogP contribution in [0.4, 0.5) is 8.78 Å². The van der Waals surface area contributed by atoms with Crippen LogP contribution < -0.4 is 14.8 Å². The quantitative estimate of drug-likeness (QED) is 0.867. The highest BCUT2D eigenvalue weighted by atomic mass is 19.1. The number of aliphatic hydroxyl groups is 1. The van der Waals surface area contributed by atoms with E-state index in [0.717, 1.165) is 24.1 Å². The molecule has 1 heterocycles. The third kappa shape index (κ3) is 4.08. The minimum atomic E-state index is -1.27. The number of aliphatic hydroxyl groups excluding tert-OH is 1. The van der Waals surface area contributed by atoms with Gasteiger partial charge in [-0.05, 0) is 36.8 Å². The van der Waals surface area contributed by atoms with E-state index < -0.39 is 17.7 Å². The molecule has 4 nitrogen and oxygen atoms in total. The summed E-state index contributed by atoms with van der Waals surface area (Å²) in [4.78, 5) is 0. The Hall–Kier alpha value is -2.18. The number of fused-ring (bicyclic) bond motifs is 1. The fourth-order valence-corrected chi connectivity index (χ4v) is 2.79. The van der Waals surface area contributed by atoms with Gasteiger partial charge in [-0.1, -0.05) is 12.1 Å². The summed E-state index contributed by atoms with van der Waals surface area (Å²) in [6.07, 6.45) is -0.442. The van der Waals surface area contributed by atoms with E-state index >= 15 is 0 Å². The van der Waals surface area contributed by atoms with Crippen molar-refractivity contribution in [3.8, 4) is 11.5 Å². The van der Waals surface area contributed by atoms with E-state index in [1.165, 1.54) is 6.07 Å². The van der Waals surface area contributed by atoms with Gasteiger partial charge in [0.25, 0.3) is 0 Å². The molecule has 3 rings (SSSR count). The van der Waals surface area contributed by atoms with E-state index in [4.69, 9.17) is 9.47 Å². The fraction of sp³-hybridized carbons (Fsp3) is 0.368. The molecule has 0 aromatic heterocycles. The van der Waals surface area contributed by atoms with Crippen LogP contribution in [0.15, 0.2) is 36.4 Å². The molecule has 2 aromatic carbocycles. The molecule has 0 radical (unpaired) electrons. The van der Waals surface area contributed by atoms with Gasteiger partial charge in [0.2, 0.25) is 0 Å². The summed E-state index contributed by atoms with van der Waals surface area (Å²) in [7, 11) is 0. The minimum Gasteiger partial charge on any atom is -0.490 e. The third-order valence-electron chi connectivity index (χ3n) is 4.22. The van der Waals surface area contributed by atoms with Crippen LogP contribution in [0.5, 0.6) is 11.5 Å². The Morgan fingerprint density at radius 1 is 1.08 bits per heavy atom. The summed E-state index contributed by atoms with van der Waals surface area (Å²) < 4.78 is 38.7. The van der Waals surface area contributed by atoms with Crippen LogP contribution in [0.1, 0.15) is 36.6 Å². The largest absolute Gasteiger partial charge is 0.490 e. The monoisotopic (exact) mass is 349 g/mol. The Morgan fingerprint density at radius 2 is 1.76 bits per heavy atom. The van der Waals surface area contributed by atoms with Crippen LogP contribution >= 0.6 is 0 Å². The maximum atomic E-state index is 13.7. The lowest BCUT2D eigenvalue weighted by Crippen LogP contribution is -2.25. The first-order chi connectivity index (χ1) is 12.1. The molecule has 0 saturated carbocycles. The molecular formula is C19H21F2NO3. The number of hydrogen-bond acceptors (Lipinski definition) is 4. The zero-order valence-corrected chi connectivity index (χ0v) is 14.0. The number of hydrogen-bond donors (Lipinski definition) is 2. The smallest absolute Gasteiger partial charge is 0.161 e. The van der Waals surface area contributed by atoms with Crippen molar-refractivity contribution in [2.45, 2.75) is 25.5 Å². The van der Waals surface area contributed by atoms with Crippen LogP contribution in [0.2, 0.25) is 0 Å². The maximum absolute atomic E-state index is 13.7. The molecule has 6 heteroatoms. The molecule has 2 aromatic rings. The summed E-state index contributed by atoms with van der Waals surface area (Å²) in [5.74, 6) is -0.110. The van der Waals surface area contributed by atoms with Gasteiger partial charge in [-0.3, -0.25) is 0 Å². The van der Waals surface area contributed by atoms with E-state index in [1.54, 1.807) is 0 Å². The Labute approximate surface area is 145 Å². The molecule has 0 bridgehead atoms. The maximum Gasteiger partial charge on any atom is 0.161 e. The van der Waals surface area contributed by atoms with Crippen molar-refractivity contribution in [1.82, 2.24) is 5.32 Å². The first-order valence-corrected chi connectivity index (χ1v) is 8.31. The second kappa shape index (κ2) is 7.80. The van der Waals surface area contributed by atoms with Gasteiger partial charge in [0.05, 0.1) is 24.9 Å². The lowest BCUT2D eigenvalue weighted by molar-refractivity contribution is 0.161. The summed E-state index contributed by atoms with van der Waals surface area (Å²) in [5, 5.41) is 13.2. The zero-order chi connectivity index (χ0) is 17.8. The second-order valence-corrected chi connectivity index (χ2v) is 6.04. The molecule has 0 spiro atoms. The Kier molecular flexibility index (Phi) is 5.50. The van der Waals surface area contributed by atoms with Crippen molar-refractivity contribution in [2.75, 3.05) is 19.8 Å². The number of benzene rings is 2. The van der Waals surface area contributed by atoms with Gasteiger partial charge >= 0.3 is 0 Å². The highest BCUT2D eigenvalue weighted by Gasteiger charge is 2.19. The second-order valence-electron chi connectivity index (χ2n) is 6.04. The van der Waals surface area contributed by atoms with Crippen molar-refractivity contribution in [1.29, 1.82) is 0 Å². The Balaban J connectivity index is 1.66. The van der Waals surface area contributed by atoms with E-state index in [9.17, 15) is 13.9 Å². The normalized spacial score (nSPS) is 16.2. The topological polar surface area (TPSA) is 50.7 Å². The average molecular weight is 349 g/mol. The first-order valence-electron chi connectivity index (χ1n) is 8.31. The van der Waals surface area contributed by atoms with Crippen molar-refractivity contribution >= 4 is 0 Å². The van der Waals surface area contributed by atoms with Gasteiger partial charge < -0.3 is 19.9 Å². The summed E-state index contributed by atoms with van der Waals surface area (Å²) in [5.41, 5.74) is 0.617. The highest BCUT2D eigenvalue weighted by molar-refractivity contribution is 5.44. The fourth-order valence-electron chi connectivity index (χ4n) is 2.79. The first kappa shape index (κ1) is 17.6. The van der Waals surface area contributed by atoms with Gasteiger partial charge in [0.1, 0.15) is 11.6 Å². The Morgan fingerprint density at radius 3 is 2.48 bits per heavy atom. The molecule has 1 aliphatic rings. The Bertz CT molecular complexity index is 718. The molecule has 1 aliphatic heterocycles. The number of nitrogens with one attached hydrogen (secondary N) is 1. The van der Waals surface area contributed by atoms with Crippen LogP contribution in [-0.4, -0.2) is 24.9 Å². The van der Waals surface area contributed by atoms with Gasteiger partial charge in [-0.25, -0.2) is 8.78 Å². The van der Waals surface area contributed by atoms with E-state index in [-0.39, 0.29) is 18.2 Å². The molecule has 134 valence electrons. The van der Waals surface area contributed by atoms with E-state index in [0.29, 0.717) is 24.7 Å². The molecule has 0 saturated heterocycles. The lowest BCUT2D eigenvalue weighted by atomic mass is 10.1. The van der Waals surface area contributed by atoms with Crippen molar-refractivity contribution in [3.05, 3.63) is 59.2 Å². The number of halogens is 2. The number of rotatable bonds is 5. The van der Waals surface area contributed by atoms with Crippen molar-refractivity contribution in [2.24, 2.45) is 0 Å². The molecule has 25 heavy (non-hydrogen) atoms. The van der Waals surface area contributed by atoms with E-state index in [1.807, 2.05) is 25.1 Å². The van der Waals surface area contributed by atoms with E-state index in [2.05, 4.69) is 5.32 Å². The van der Waals surface area contributed by atoms with Gasteiger partial charge in [-0.2, -0.15) is 0 Å². The van der Waals surface area contributed by atoms with Gasteiger partial charge in [-0.15, -0.1) is 0 Å². The molecule has 0 fully saturated rings. The van der Waals surface area contributed by atoms with Crippen LogP contribution in [0.3, 0.4) is 0 Å². The van der Waals surface area contributed by atoms with Crippen LogP contribution in [0, 0.1) is 11.6 Å². The molecule has 2 atom stereocenters. The molecule has 2 N–H and O–H groups in total. The molecular weight excluding hydrogens is 328 g/mol. The van der Waals surface area contributed by atoms with Gasteiger partial charge in [0, 0.05) is 19.0 Å². The molecule has 0 amide bonds. The van der Waals surface area contributed by atoms with Crippen molar-refractivity contribution in [3.63, 3.8) is 0 Å². The van der Waals surface area contributed by atoms with Crippen LogP contribution in [0.25, 0.3) is 0 Å².